The van der Waals surface area contributed by atoms with Gasteiger partial charge in [-0.1, -0.05) is 0 Å². The molecule has 1 heterocycles. The zero-order valence-electron chi connectivity index (χ0n) is 11.1. The Hall–Kier alpha value is -2.94. The number of nitrogens with zero attached hydrogens (tertiary/aromatic N) is 3. The highest BCUT2D eigenvalue weighted by Crippen LogP contribution is 2.21. The van der Waals surface area contributed by atoms with Crippen LogP contribution in [-0.4, -0.2) is 16.1 Å². The van der Waals surface area contributed by atoms with Crippen LogP contribution in [0.1, 0.15) is 27.2 Å². The summed E-state index contributed by atoms with van der Waals surface area (Å²) in [6.45, 7) is 3.62. The normalized spacial score (nSPS) is 9.85. The van der Waals surface area contributed by atoms with Crippen molar-refractivity contribution in [3.05, 3.63) is 46.6 Å². The van der Waals surface area contributed by atoms with Gasteiger partial charge in [-0.25, -0.2) is 0 Å². The number of nitrogens with two attached hydrogens (primary N) is 1. The molecule has 0 aliphatic rings. The molecule has 2 rings (SSSR count). The number of primary amides is 1. The Labute approximate surface area is 116 Å². The number of aryl methyl sites for hydroxylation is 1. The van der Waals surface area contributed by atoms with Crippen LogP contribution in [0.25, 0.3) is 0 Å². The number of hydrogen-bond acceptors (Lipinski definition) is 5. The van der Waals surface area contributed by atoms with Crippen LogP contribution in [0.15, 0.2) is 24.3 Å². The zero-order valence-corrected chi connectivity index (χ0v) is 11.1. The lowest BCUT2D eigenvalue weighted by Crippen LogP contribution is -2.10. The van der Waals surface area contributed by atoms with E-state index in [1.165, 1.54) is 0 Å². The number of nitriles is 1. The number of amides is 1. The van der Waals surface area contributed by atoms with Gasteiger partial charge in [-0.3, -0.25) is 4.79 Å². The highest BCUT2D eigenvalue weighted by atomic mass is 16.1. The van der Waals surface area contributed by atoms with Gasteiger partial charge in [-0.05, 0) is 43.7 Å². The molecule has 1 aromatic heterocycles. The van der Waals surface area contributed by atoms with Crippen molar-refractivity contribution >= 4 is 17.4 Å². The number of benzene rings is 1. The third kappa shape index (κ3) is 2.57. The third-order valence-corrected chi connectivity index (χ3v) is 3.00. The number of aromatic nitrogens is 2. The third-order valence-electron chi connectivity index (χ3n) is 3.00. The van der Waals surface area contributed by atoms with Gasteiger partial charge in [-0.15, -0.1) is 5.10 Å². The van der Waals surface area contributed by atoms with Crippen LogP contribution >= 0.6 is 0 Å². The Kier molecular flexibility index (Phi) is 3.62. The van der Waals surface area contributed by atoms with Gasteiger partial charge < -0.3 is 11.1 Å². The summed E-state index contributed by atoms with van der Waals surface area (Å²) in [6.07, 6.45) is 0. The van der Waals surface area contributed by atoms with E-state index in [1.807, 2.05) is 6.92 Å². The number of rotatable bonds is 3. The highest BCUT2D eigenvalue weighted by molar-refractivity contribution is 5.93. The molecule has 6 heteroatoms. The topological polar surface area (TPSA) is 105 Å². The fraction of sp³-hybridized carbons (Fsp3) is 0.143. The minimum Gasteiger partial charge on any atom is -0.366 e. The van der Waals surface area contributed by atoms with Crippen LogP contribution in [-0.2, 0) is 0 Å². The summed E-state index contributed by atoms with van der Waals surface area (Å²) in [6, 6.07) is 8.71. The summed E-state index contributed by atoms with van der Waals surface area (Å²) in [7, 11) is 0. The quantitative estimate of drug-likeness (QED) is 0.882. The van der Waals surface area contributed by atoms with Crippen molar-refractivity contribution in [2.24, 2.45) is 5.73 Å². The lowest BCUT2D eigenvalue weighted by Gasteiger charge is -2.09. The van der Waals surface area contributed by atoms with Gasteiger partial charge in [0.2, 0.25) is 5.91 Å². The van der Waals surface area contributed by atoms with Crippen molar-refractivity contribution in [3.8, 4) is 6.07 Å². The second kappa shape index (κ2) is 5.36. The summed E-state index contributed by atoms with van der Waals surface area (Å²) in [5, 5.41) is 20.2. The maximum atomic E-state index is 11.0. The molecular weight excluding hydrogens is 254 g/mol. The van der Waals surface area contributed by atoms with Gasteiger partial charge in [-0.2, -0.15) is 10.4 Å². The standard InChI is InChI=1S/C14H13N5O/c1-8-9(2)18-19-14(12(8)7-15)17-11-5-3-10(4-6-11)13(16)20/h3-6H,1-2H3,(H2,16,20)(H,17,19). The highest BCUT2D eigenvalue weighted by Gasteiger charge is 2.11. The average molecular weight is 267 g/mol. The van der Waals surface area contributed by atoms with Crippen molar-refractivity contribution < 1.29 is 4.79 Å². The molecule has 1 amide bonds. The van der Waals surface area contributed by atoms with E-state index >= 15 is 0 Å². The molecule has 0 saturated carbocycles. The van der Waals surface area contributed by atoms with Crippen molar-refractivity contribution in [1.82, 2.24) is 10.2 Å². The van der Waals surface area contributed by atoms with Crippen molar-refractivity contribution in [3.63, 3.8) is 0 Å². The Bertz CT molecular complexity index is 701. The van der Waals surface area contributed by atoms with E-state index in [2.05, 4.69) is 21.6 Å². The van der Waals surface area contributed by atoms with E-state index in [9.17, 15) is 10.1 Å². The maximum absolute atomic E-state index is 11.0. The lowest BCUT2D eigenvalue weighted by molar-refractivity contribution is 0.100. The van der Waals surface area contributed by atoms with Crippen molar-refractivity contribution in [1.29, 1.82) is 5.26 Å². The first-order valence-corrected chi connectivity index (χ1v) is 5.93. The van der Waals surface area contributed by atoms with Crippen LogP contribution in [0.2, 0.25) is 0 Å². The van der Waals surface area contributed by atoms with E-state index < -0.39 is 5.91 Å². The molecule has 0 fully saturated rings. The first-order chi connectivity index (χ1) is 9.52. The molecule has 2 aromatic rings. The number of hydrogen-bond donors (Lipinski definition) is 2. The summed E-state index contributed by atoms with van der Waals surface area (Å²) in [5.74, 6) is -0.0948. The number of carbonyl (C=O) groups is 1. The van der Waals surface area contributed by atoms with Crippen LogP contribution < -0.4 is 11.1 Å². The fourth-order valence-electron chi connectivity index (χ4n) is 1.69. The Morgan fingerprint density at radius 3 is 2.45 bits per heavy atom. The van der Waals surface area contributed by atoms with Gasteiger partial charge in [0.1, 0.15) is 11.6 Å². The molecule has 0 atom stereocenters. The number of carbonyl (C=O) groups excluding carboxylic acids is 1. The molecule has 20 heavy (non-hydrogen) atoms. The van der Waals surface area contributed by atoms with E-state index in [1.54, 1.807) is 31.2 Å². The Balaban J connectivity index is 2.33. The average Bonchev–Trinajstić information content (AvgIpc) is 2.44. The predicted octanol–water partition coefficient (Wildman–Crippen LogP) is 1.81. The van der Waals surface area contributed by atoms with Crippen LogP contribution in [0, 0.1) is 25.2 Å². The van der Waals surface area contributed by atoms with E-state index in [0.29, 0.717) is 22.6 Å². The molecule has 0 aliphatic heterocycles. The van der Waals surface area contributed by atoms with Gasteiger partial charge in [0.05, 0.1) is 5.69 Å². The molecule has 1 aromatic carbocycles. The van der Waals surface area contributed by atoms with Gasteiger partial charge in [0.15, 0.2) is 5.82 Å². The van der Waals surface area contributed by atoms with Crippen LogP contribution in [0.4, 0.5) is 11.5 Å². The van der Waals surface area contributed by atoms with Crippen molar-refractivity contribution in [2.45, 2.75) is 13.8 Å². The smallest absolute Gasteiger partial charge is 0.248 e. The first-order valence-electron chi connectivity index (χ1n) is 5.93. The number of anilines is 2. The molecule has 0 radical (unpaired) electrons. The summed E-state index contributed by atoms with van der Waals surface area (Å²) in [4.78, 5) is 11.0. The van der Waals surface area contributed by atoms with E-state index in [4.69, 9.17) is 5.73 Å². The molecule has 0 aliphatic carbocycles. The molecule has 0 unspecified atom stereocenters. The summed E-state index contributed by atoms with van der Waals surface area (Å²) < 4.78 is 0. The van der Waals surface area contributed by atoms with Crippen LogP contribution in [0.5, 0.6) is 0 Å². The molecule has 100 valence electrons. The number of nitrogens with one attached hydrogen (secondary N) is 1. The molecule has 0 saturated heterocycles. The zero-order chi connectivity index (χ0) is 14.7. The monoisotopic (exact) mass is 267 g/mol. The van der Waals surface area contributed by atoms with Gasteiger partial charge in [0, 0.05) is 11.3 Å². The minimum absolute atomic E-state index is 0.391. The predicted molar refractivity (Wildman–Crippen MR) is 74.5 cm³/mol. The van der Waals surface area contributed by atoms with Crippen molar-refractivity contribution in [2.75, 3.05) is 5.32 Å². The molecule has 6 nitrogen and oxygen atoms in total. The summed E-state index contributed by atoms with van der Waals surface area (Å²) >= 11 is 0. The second-order valence-electron chi connectivity index (χ2n) is 4.31. The Morgan fingerprint density at radius 1 is 1.25 bits per heavy atom. The first kappa shape index (κ1) is 13.5. The van der Waals surface area contributed by atoms with Gasteiger partial charge in [0.25, 0.3) is 0 Å². The van der Waals surface area contributed by atoms with Crippen LogP contribution in [0.3, 0.4) is 0 Å². The Morgan fingerprint density at radius 2 is 1.90 bits per heavy atom. The SMILES string of the molecule is Cc1nnc(Nc2ccc(C(N)=O)cc2)c(C#N)c1C. The maximum Gasteiger partial charge on any atom is 0.248 e. The van der Waals surface area contributed by atoms with E-state index in [-0.39, 0.29) is 0 Å². The minimum atomic E-state index is -0.486. The molecule has 0 bridgehead atoms. The summed E-state index contributed by atoms with van der Waals surface area (Å²) in [5.41, 5.74) is 8.25. The van der Waals surface area contributed by atoms with E-state index in [0.717, 1.165) is 11.3 Å². The fourth-order valence-corrected chi connectivity index (χ4v) is 1.69. The molecule has 3 N–H and O–H groups in total. The second-order valence-corrected chi connectivity index (χ2v) is 4.31. The molecular formula is C14H13N5O. The lowest BCUT2D eigenvalue weighted by atomic mass is 10.1. The largest absolute Gasteiger partial charge is 0.366 e. The van der Waals surface area contributed by atoms with Gasteiger partial charge >= 0.3 is 0 Å². The molecule has 0 spiro atoms.